The number of hydrogen-bond acceptors (Lipinski definition) is 6. The normalized spacial score (nSPS) is 11.2. The van der Waals surface area contributed by atoms with Gasteiger partial charge in [0.1, 0.15) is 17.3 Å². The van der Waals surface area contributed by atoms with Crippen molar-refractivity contribution in [3.05, 3.63) is 47.8 Å². The first-order chi connectivity index (χ1) is 13.4. The maximum Gasteiger partial charge on any atom is 0.279 e. The Bertz CT molecular complexity index is 841. The third-order valence-electron chi connectivity index (χ3n) is 3.75. The van der Waals surface area contributed by atoms with Crippen LogP contribution in [0.5, 0.6) is 23.0 Å². The van der Waals surface area contributed by atoms with E-state index >= 15 is 0 Å². The van der Waals surface area contributed by atoms with Gasteiger partial charge in [0.25, 0.3) is 11.8 Å². The number of rotatable bonds is 7. The molecule has 0 saturated heterocycles. The summed E-state index contributed by atoms with van der Waals surface area (Å²) in [5.74, 6) is -0.371. The van der Waals surface area contributed by atoms with Gasteiger partial charge in [-0.15, -0.1) is 0 Å². The Kier molecular flexibility index (Phi) is 7.02. The van der Waals surface area contributed by atoms with E-state index < -0.39 is 23.7 Å². The van der Waals surface area contributed by atoms with Crippen LogP contribution in [0.1, 0.15) is 17.3 Å². The molecule has 0 aliphatic carbocycles. The number of carbonyl (C=O) groups is 2. The molecule has 0 aromatic heterocycles. The summed E-state index contributed by atoms with van der Waals surface area (Å²) in [6.45, 7) is 1.49. The molecule has 8 nitrogen and oxygen atoms in total. The van der Waals surface area contributed by atoms with Gasteiger partial charge in [0.2, 0.25) is 0 Å². The summed E-state index contributed by atoms with van der Waals surface area (Å²) in [7, 11) is 4.29. The number of methoxy groups -OCH3 is 3. The van der Waals surface area contributed by atoms with Crippen LogP contribution in [-0.2, 0) is 4.79 Å². The predicted molar refractivity (Wildman–Crippen MR) is 98.2 cm³/mol. The molecule has 150 valence electrons. The molecule has 0 spiro atoms. The molecule has 0 heterocycles. The molecule has 0 aliphatic heterocycles. The Morgan fingerprint density at radius 1 is 0.893 bits per heavy atom. The highest BCUT2D eigenvalue weighted by molar-refractivity contribution is 5.99. The number of benzene rings is 2. The first-order valence-electron chi connectivity index (χ1n) is 8.22. The maximum absolute atomic E-state index is 12.9. The minimum Gasteiger partial charge on any atom is -0.496 e. The van der Waals surface area contributed by atoms with E-state index in [2.05, 4.69) is 10.9 Å². The lowest BCUT2D eigenvalue weighted by atomic mass is 10.1. The average molecular weight is 392 g/mol. The molecule has 0 saturated carbocycles. The summed E-state index contributed by atoms with van der Waals surface area (Å²) < 4.78 is 33.8. The molecule has 2 aromatic carbocycles. The molecule has 9 heteroatoms. The first kappa shape index (κ1) is 20.8. The Morgan fingerprint density at radius 2 is 1.46 bits per heavy atom. The average Bonchev–Trinajstić information content (AvgIpc) is 2.72. The lowest BCUT2D eigenvalue weighted by Crippen LogP contribution is -2.47. The van der Waals surface area contributed by atoms with Crippen molar-refractivity contribution in [3.8, 4) is 23.0 Å². The van der Waals surface area contributed by atoms with Crippen LogP contribution in [0.15, 0.2) is 36.4 Å². The summed E-state index contributed by atoms with van der Waals surface area (Å²) in [6.07, 6.45) is -0.932. The van der Waals surface area contributed by atoms with Crippen LogP contribution in [0.4, 0.5) is 4.39 Å². The number of amides is 2. The third-order valence-corrected chi connectivity index (χ3v) is 3.75. The molecule has 0 bridgehead atoms. The molecule has 0 radical (unpaired) electrons. The van der Waals surface area contributed by atoms with E-state index in [1.165, 1.54) is 64.7 Å². The molecular weight excluding hydrogens is 371 g/mol. The van der Waals surface area contributed by atoms with Gasteiger partial charge in [-0.1, -0.05) is 0 Å². The summed E-state index contributed by atoms with van der Waals surface area (Å²) >= 11 is 0. The molecule has 0 fully saturated rings. The summed E-state index contributed by atoms with van der Waals surface area (Å²) in [6, 6.07) is 8.14. The van der Waals surface area contributed by atoms with E-state index in [1.807, 2.05) is 0 Å². The lowest BCUT2D eigenvalue weighted by molar-refractivity contribution is -0.128. The van der Waals surface area contributed by atoms with E-state index in [-0.39, 0.29) is 11.3 Å². The fraction of sp³-hybridized carbons (Fsp3) is 0.263. The number of nitrogens with one attached hydrogen (secondary N) is 2. The summed E-state index contributed by atoms with van der Waals surface area (Å²) in [4.78, 5) is 24.6. The van der Waals surface area contributed by atoms with Crippen molar-refractivity contribution < 1.29 is 32.9 Å². The van der Waals surface area contributed by atoms with E-state index in [9.17, 15) is 14.0 Å². The zero-order valence-corrected chi connectivity index (χ0v) is 15.9. The number of carbonyl (C=O) groups excluding carboxylic acids is 2. The highest BCUT2D eigenvalue weighted by Crippen LogP contribution is 2.34. The Labute approximate surface area is 161 Å². The lowest BCUT2D eigenvalue weighted by Gasteiger charge is -2.16. The van der Waals surface area contributed by atoms with Gasteiger partial charge in [-0.25, -0.2) is 4.39 Å². The van der Waals surface area contributed by atoms with Crippen molar-refractivity contribution in [2.75, 3.05) is 21.3 Å². The highest BCUT2D eigenvalue weighted by atomic mass is 19.1. The minimum atomic E-state index is -0.932. The number of hydrazine groups is 1. The molecule has 2 N–H and O–H groups in total. The SMILES string of the molecule is COc1cc(OC)c(C(=O)NNC(=O)[C@@H](C)Oc2ccc(F)cc2)cc1OC. The molecular formula is C19H21FN2O6. The largest absolute Gasteiger partial charge is 0.496 e. The van der Waals surface area contributed by atoms with E-state index in [0.29, 0.717) is 17.2 Å². The van der Waals surface area contributed by atoms with Crippen LogP contribution < -0.4 is 29.8 Å². The predicted octanol–water partition coefficient (Wildman–Crippen LogP) is 2.08. The van der Waals surface area contributed by atoms with Gasteiger partial charge < -0.3 is 18.9 Å². The van der Waals surface area contributed by atoms with Crippen molar-refractivity contribution in [1.29, 1.82) is 0 Å². The van der Waals surface area contributed by atoms with Crippen LogP contribution in [0, 0.1) is 5.82 Å². The molecule has 1 atom stereocenters. The van der Waals surface area contributed by atoms with Crippen LogP contribution in [0.2, 0.25) is 0 Å². The quantitative estimate of drug-likeness (QED) is 0.701. The molecule has 2 aromatic rings. The number of hydrogen-bond donors (Lipinski definition) is 2. The zero-order chi connectivity index (χ0) is 20.7. The Hall–Kier alpha value is -3.49. The van der Waals surface area contributed by atoms with Gasteiger partial charge in [-0.2, -0.15) is 0 Å². The van der Waals surface area contributed by atoms with E-state index in [0.717, 1.165) is 0 Å². The minimum absolute atomic E-state index is 0.132. The van der Waals surface area contributed by atoms with E-state index in [4.69, 9.17) is 18.9 Å². The fourth-order valence-electron chi connectivity index (χ4n) is 2.26. The zero-order valence-electron chi connectivity index (χ0n) is 15.9. The van der Waals surface area contributed by atoms with E-state index in [1.54, 1.807) is 0 Å². The molecule has 0 unspecified atom stereocenters. The van der Waals surface area contributed by atoms with Crippen LogP contribution in [0.25, 0.3) is 0 Å². The number of halogens is 1. The van der Waals surface area contributed by atoms with Crippen LogP contribution >= 0.6 is 0 Å². The monoisotopic (exact) mass is 392 g/mol. The summed E-state index contributed by atoms with van der Waals surface area (Å²) in [5, 5.41) is 0. The highest BCUT2D eigenvalue weighted by Gasteiger charge is 2.20. The second-order valence-electron chi connectivity index (χ2n) is 5.56. The fourth-order valence-corrected chi connectivity index (χ4v) is 2.26. The summed E-state index contributed by atoms with van der Waals surface area (Å²) in [5.41, 5.74) is 4.68. The van der Waals surface area contributed by atoms with Crippen molar-refractivity contribution in [3.63, 3.8) is 0 Å². The van der Waals surface area contributed by atoms with Crippen molar-refractivity contribution in [2.24, 2.45) is 0 Å². The van der Waals surface area contributed by atoms with Gasteiger partial charge in [0.15, 0.2) is 17.6 Å². The van der Waals surface area contributed by atoms with Crippen LogP contribution in [-0.4, -0.2) is 39.2 Å². The smallest absolute Gasteiger partial charge is 0.279 e. The van der Waals surface area contributed by atoms with Crippen molar-refractivity contribution in [1.82, 2.24) is 10.9 Å². The third kappa shape index (κ3) is 5.03. The van der Waals surface area contributed by atoms with Gasteiger partial charge in [-0.05, 0) is 31.2 Å². The standard InChI is InChI=1S/C19H21FN2O6/c1-11(28-13-7-5-12(20)6-8-13)18(23)21-22-19(24)14-9-16(26-3)17(27-4)10-15(14)25-2/h5-11H,1-4H3,(H,21,23)(H,22,24)/t11-/m1/s1. The Morgan fingerprint density at radius 3 is 2.04 bits per heavy atom. The Balaban J connectivity index is 2.02. The van der Waals surface area contributed by atoms with Gasteiger partial charge in [0, 0.05) is 12.1 Å². The van der Waals surface area contributed by atoms with Crippen molar-refractivity contribution in [2.45, 2.75) is 13.0 Å². The van der Waals surface area contributed by atoms with Gasteiger partial charge >= 0.3 is 0 Å². The molecule has 2 rings (SSSR count). The first-order valence-corrected chi connectivity index (χ1v) is 8.22. The second-order valence-corrected chi connectivity index (χ2v) is 5.56. The van der Waals surface area contributed by atoms with Gasteiger partial charge in [0.05, 0.1) is 26.9 Å². The number of ether oxygens (including phenoxy) is 4. The molecule has 0 aliphatic rings. The van der Waals surface area contributed by atoms with Crippen molar-refractivity contribution >= 4 is 11.8 Å². The maximum atomic E-state index is 12.9. The van der Waals surface area contributed by atoms with Gasteiger partial charge in [-0.3, -0.25) is 20.4 Å². The van der Waals surface area contributed by atoms with Crippen LogP contribution in [0.3, 0.4) is 0 Å². The molecule has 28 heavy (non-hydrogen) atoms. The second kappa shape index (κ2) is 9.45. The topological polar surface area (TPSA) is 95.1 Å². The molecule has 2 amide bonds.